The zero-order valence-electron chi connectivity index (χ0n) is 11.3. The fourth-order valence-electron chi connectivity index (χ4n) is 1.94. The van der Waals surface area contributed by atoms with E-state index in [1.54, 1.807) is 19.9 Å². The molecule has 0 aromatic heterocycles. The number of nitrogen functional groups attached to an aromatic ring is 1. The highest BCUT2D eigenvalue weighted by Crippen LogP contribution is 2.27. The summed E-state index contributed by atoms with van der Waals surface area (Å²) in [7, 11) is -3.77. The Balaban J connectivity index is 3.19. The molecule has 1 aromatic carbocycles. The molecule has 1 aromatic rings. The summed E-state index contributed by atoms with van der Waals surface area (Å²) >= 11 is 0. The van der Waals surface area contributed by atoms with Gasteiger partial charge in [-0.2, -0.15) is 0 Å². The Labute approximate surface area is 113 Å². The predicted octanol–water partition coefficient (Wildman–Crippen LogP) is -0.174. The Hall–Kier alpha value is -1.15. The molecular weight excluding hydrogens is 268 g/mol. The van der Waals surface area contributed by atoms with E-state index in [1.165, 1.54) is 0 Å². The molecule has 0 saturated heterocycles. The largest absolute Gasteiger partial charge is 0.398 e. The molecule has 1 rings (SSSR count). The topological polar surface area (TPSA) is 113 Å². The lowest BCUT2D eigenvalue weighted by Crippen LogP contribution is -2.34. The summed E-state index contributed by atoms with van der Waals surface area (Å²) in [6, 6.07) is 1.71. The molecule has 0 aliphatic heterocycles. The summed E-state index contributed by atoms with van der Waals surface area (Å²) in [6.45, 7) is 4.40. The second-order valence-corrected chi connectivity index (χ2v) is 6.27. The van der Waals surface area contributed by atoms with Crippen LogP contribution in [-0.2, 0) is 10.0 Å². The van der Waals surface area contributed by atoms with E-state index in [2.05, 4.69) is 4.72 Å². The van der Waals surface area contributed by atoms with Crippen LogP contribution in [0.5, 0.6) is 0 Å². The third kappa shape index (κ3) is 3.44. The normalized spacial score (nSPS) is 13.5. The number of sulfonamides is 1. The molecule has 5 N–H and O–H groups in total. The molecule has 0 fully saturated rings. The van der Waals surface area contributed by atoms with Gasteiger partial charge in [-0.1, -0.05) is 6.07 Å². The second kappa shape index (κ2) is 5.87. The molecule has 108 valence electrons. The Kier molecular flexibility index (Phi) is 4.92. The first-order valence-corrected chi connectivity index (χ1v) is 7.34. The third-order valence-electron chi connectivity index (χ3n) is 2.95. The van der Waals surface area contributed by atoms with Gasteiger partial charge in [0.1, 0.15) is 0 Å². The minimum absolute atomic E-state index is 0.126. The van der Waals surface area contributed by atoms with Gasteiger partial charge in [0.25, 0.3) is 0 Å². The van der Waals surface area contributed by atoms with Crippen LogP contribution in [0, 0.1) is 20.8 Å². The number of aliphatic hydroxyl groups is 2. The summed E-state index contributed by atoms with van der Waals surface area (Å²) in [5.41, 5.74) is 8.19. The maximum atomic E-state index is 12.2. The van der Waals surface area contributed by atoms with Crippen LogP contribution in [0.3, 0.4) is 0 Å². The van der Waals surface area contributed by atoms with Crippen molar-refractivity contribution in [3.8, 4) is 0 Å². The zero-order chi connectivity index (χ0) is 14.8. The molecule has 1 unspecified atom stereocenters. The number of anilines is 1. The molecule has 1 atom stereocenters. The SMILES string of the molecule is Cc1cc(C)c(S(=O)(=O)NCC(O)CO)c(C)c1N. The van der Waals surface area contributed by atoms with Crippen LogP contribution in [0.25, 0.3) is 0 Å². The third-order valence-corrected chi connectivity index (χ3v) is 4.66. The average molecular weight is 288 g/mol. The minimum atomic E-state index is -3.77. The van der Waals surface area contributed by atoms with Crippen molar-refractivity contribution in [2.45, 2.75) is 31.8 Å². The van der Waals surface area contributed by atoms with Crippen LogP contribution in [0.4, 0.5) is 5.69 Å². The van der Waals surface area contributed by atoms with E-state index in [0.717, 1.165) is 5.56 Å². The molecule has 0 heterocycles. The number of aliphatic hydroxyl groups excluding tert-OH is 2. The molecule has 0 spiro atoms. The van der Waals surface area contributed by atoms with Gasteiger partial charge < -0.3 is 15.9 Å². The number of hydrogen-bond acceptors (Lipinski definition) is 5. The van der Waals surface area contributed by atoms with Gasteiger partial charge in [0.15, 0.2) is 0 Å². The Morgan fingerprint density at radius 3 is 2.42 bits per heavy atom. The van der Waals surface area contributed by atoms with Gasteiger partial charge in [0.2, 0.25) is 10.0 Å². The first-order chi connectivity index (χ1) is 8.70. The Morgan fingerprint density at radius 1 is 1.32 bits per heavy atom. The van der Waals surface area contributed by atoms with Crippen molar-refractivity contribution in [1.29, 1.82) is 0 Å². The van der Waals surface area contributed by atoms with Crippen LogP contribution >= 0.6 is 0 Å². The van der Waals surface area contributed by atoms with E-state index in [9.17, 15) is 13.5 Å². The average Bonchev–Trinajstić information content (AvgIpc) is 2.33. The van der Waals surface area contributed by atoms with E-state index in [0.29, 0.717) is 16.8 Å². The zero-order valence-corrected chi connectivity index (χ0v) is 12.1. The molecule has 0 aliphatic rings. The lowest BCUT2D eigenvalue weighted by Gasteiger charge is -2.16. The monoisotopic (exact) mass is 288 g/mol. The van der Waals surface area contributed by atoms with Gasteiger partial charge >= 0.3 is 0 Å². The van der Waals surface area contributed by atoms with Crippen LogP contribution < -0.4 is 10.5 Å². The molecule has 6 nitrogen and oxygen atoms in total. The molecule has 19 heavy (non-hydrogen) atoms. The van der Waals surface area contributed by atoms with E-state index in [1.807, 2.05) is 6.92 Å². The number of nitrogens with one attached hydrogen (secondary N) is 1. The van der Waals surface area contributed by atoms with Crippen LogP contribution in [0.15, 0.2) is 11.0 Å². The van der Waals surface area contributed by atoms with E-state index in [4.69, 9.17) is 10.8 Å². The Bertz CT molecular complexity index is 570. The summed E-state index contributed by atoms with van der Waals surface area (Å²) in [5, 5.41) is 17.9. The highest BCUT2D eigenvalue weighted by atomic mass is 32.2. The van der Waals surface area contributed by atoms with Gasteiger partial charge in [0, 0.05) is 12.2 Å². The first kappa shape index (κ1) is 15.9. The van der Waals surface area contributed by atoms with Crippen molar-refractivity contribution in [3.63, 3.8) is 0 Å². The molecule has 0 amide bonds. The van der Waals surface area contributed by atoms with Crippen molar-refractivity contribution in [1.82, 2.24) is 4.72 Å². The molecule has 0 radical (unpaired) electrons. The van der Waals surface area contributed by atoms with Crippen LogP contribution in [-0.4, -0.2) is 37.9 Å². The van der Waals surface area contributed by atoms with Crippen molar-refractivity contribution in [3.05, 3.63) is 22.8 Å². The quantitative estimate of drug-likeness (QED) is 0.562. The van der Waals surface area contributed by atoms with E-state index in [-0.39, 0.29) is 11.4 Å². The molecule has 7 heteroatoms. The lowest BCUT2D eigenvalue weighted by molar-refractivity contribution is 0.0988. The molecular formula is C12H20N2O4S. The van der Waals surface area contributed by atoms with Crippen molar-refractivity contribution in [2.24, 2.45) is 0 Å². The number of hydrogen-bond donors (Lipinski definition) is 4. The number of benzene rings is 1. The lowest BCUT2D eigenvalue weighted by atomic mass is 10.1. The smallest absolute Gasteiger partial charge is 0.241 e. The predicted molar refractivity (Wildman–Crippen MR) is 73.3 cm³/mol. The summed E-state index contributed by atoms with van der Waals surface area (Å²) in [5.74, 6) is 0. The number of rotatable bonds is 5. The van der Waals surface area contributed by atoms with Gasteiger partial charge in [0.05, 0.1) is 17.6 Å². The highest BCUT2D eigenvalue weighted by molar-refractivity contribution is 7.89. The molecule has 0 bridgehead atoms. The maximum Gasteiger partial charge on any atom is 0.241 e. The summed E-state index contributed by atoms with van der Waals surface area (Å²) in [4.78, 5) is 0.126. The van der Waals surface area contributed by atoms with Gasteiger partial charge in [-0.3, -0.25) is 0 Å². The number of nitrogens with two attached hydrogens (primary N) is 1. The van der Waals surface area contributed by atoms with Crippen LogP contribution in [0.1, 0.15) is 16.7 Å². The Morgan fingerprint density at radius 2 is 1.89 bits per heavy atom. The molecule has 0 saturated carbocycles. The fourth-order valence-corrected chi connectivity index (χ4v) is 3.49. The van der Waals surface area contributed by atoms with Crippen molar-refractivity contribution in [2.75, 3.05) is 18.9 Å². The van der Waals surface area contributed by atoms with Gasteiger partial charge in [-0.25, -0.2) is 13.1 Å². The standard InChI is InChI=1S/C12H20N2O4S/c1-7-4-8(2)12(9(3)11(7)13)19(17,18)14-5-10(16)6-15/h4,10,14-16H,5-6,13H2,1-3H3. The van der Waals surface area contributed by atoms with E-state index < -0.39 is 22.7 Å². The van der Waals surface area contributed by atoms with Crippen LogP contribution in [0.2, 0.25) is 0 Å². The van der Waals surface area contributed by atoms with Gasteiger partial charge in [-0.15, -0.1) is 0 Å². The summed E-state index contributed by atoms with van der Waals surface area (Å²) in [6.07, 6.45) is -1.13. The first-order valence-electron chi connectivity index (χ1n) is 5.85. The van der Waals surface area contributed by atoms with Gasteiger partial charge in [-0.05, 0) is 37.5 Å². The highest BCUT2D eigenvalue weighted by Gasteiger charge is 2.22. The van der Waals surface area contributed by atoms with Crippen molar-refractivity contribution >= 4 is 15.7 Å². The van der Waals surface area contributed by atoms with Crippen molar-refractivity contribution < 1.29 is 18.6 Å². The minimum Gasteiger partial charge on any atom is -0.398 e. The summed E-state index contributed by atoms with van der Waals surface area (Å²) < 4.78 is 26.7. The number of aryl methyl sites for hydroxylation is 2. The van der Waals surface area contributed by atoms with E-state index >= 15 is 0 Å². The molecule has 0 aliphatic carbocycles. The fraction of sp³-hybridized carbons (Fsp3) is 0.500. The second-order valence-electron chi connectivity index (χ2n) is 4.57. The maximum absolute atomic E-state index is 12.2.